The minimum absolute atomic E-state index is 0.0734. The monoisotopic (exact) mass is 477 g/mol. The molecule has 2 aromatic carbocycles. The Morgan fingerprint density at radius 1 is 1.18 bits per heavy atom. The molecule has 34 heavy (non-hydrogen) atoms. The van der Waals surface area contributed by atoms with Crippen LogP contribution in [0.5, 0.6) is 0 Å². The number of thiazole rings is 1. The van der Waals surface area contributed by atoms with Gasteiger partial charge in [-0.2, -0.15) is 0 Å². The predicted molar refractivity (Wildman–Crippen MR) is 126 cm³/mol. The molecule has 2 N–H and O–H groups in total. The van der Waals surface area contributed by atoms with Crippen LogP contribution in [0.15, 0.2) is 65.2 Å². The van der Waals surface area contributed by atoms with Crippen LogP contribution in [-0.2, 0) is 11.2 Å². The summed E-state index contributed by atoms with van der Waals surface area (Å²) in [5.74, 6) is -1.11. The molecule has 5 rings (SSSR count). The van der Waals surface area contributed by atoms with Gasteiger partial charge in [-0.15, -0.1) is 11.3 Å². The summed E-state index contributed by atoms with van der Waals surface area (Å²) in [6.45, 7) is 0. The maximum Gasteiger partial charge on any atom is 0.261 e. The van der Waals surface area contributed by atoms with Crippen LogP contribution in [0, 0.1) is 5.82 Å². The van der Waals surface area contributed by atoms with Crippen molar-refractivity contribution in [1.82, 2.24) is 19.9 Å². The van der Waals surface area contributed by atoms with E-state index < -0.39 is 23.3 Å². The van der Waals surface area contributed by atoms with Gasteiger partial charge >= 0.3 is 0 Å². The molecule has 4 aromatic rings. The molecule has 172 valence electrons. The van der Waals surface area contributed by atoms with Crippen molar-refractivity contribution in [3.05, 3.63) is 87.7 Å². The third-order valence-corrected chi connectivity index (χ3v) is 6.27. The number of anilines is 1. The van der Waals surface area contributed by atoms with Crippen LogP contribution in [0.1, 0.15) is 34.8 Å². The molecule has 0 aliphatic heterocycles. The van der Waals surface area contributed by atoms with Crippen LogP contribution in [0.4, 0.5) is 9.52 Å². The first-order valence-electron chi connectivity index (χ1n) is 10.7. The van der Waals surface area contributed by atoms with Crippen molar-refractivity contribution in [2.24, 2.45) is 0 Å². The SMILES string of the molecule is O=C(NC1CC1)c1ccc2c(=O)n(C(Cc3cccc(F)c3)C(=O)Nc3nccs3)cnc2c1. The number of nitrogens with one attached hydrogen (secondary N) is 2. The summed E-state index contributed by atoms with van der Waals surface area (Å²) in [7, 11) is 0. The summed E-state index contributed by atoms with van der Waals surface area (Å²) < 4.78 is 15.0. The number of nitrogens with zero attached hydrogens (tertiary/aromatic N) is 3. The number of aromatic nitrogens is 3. The van der Waals surface area contributed by atoms with Gasteiger partial charge in [0.2, 0.25) is 5.91 Å². The maximum atomic E-state index is 13.8. The molecule has 2 heterocycles. The Morgan fingerprint density at radius 2 is 2.03 bits per heavy atom. The number of hydrogen-bond acceptors (Lipinski definition) is 6. The summed E-state index contributed by atoms with van der Waals surface area (Å²) >= 11 is 1.25. The lowest BCUT2D eigenvalue weighted by Crippen LogP contribution is -2.35. The van der Waals surface area contributed by atoms with Crippen LogP contribution >= 0.6 is 11.3 Å². The molecule has 1 unspecified atom stereocenters. The molecule has 1 fully saturated rings. The Bertz CT molecular complexity index is 1430. The second kappa shape index (κ2) is 9.14. The molecule has 8 nitrogen and oxygen atoms in total. The van der Waals surface area contributed by atoms with E-state index >= 15 is 0 Å². The average Bonchev–Trinajstić information content (AvgIpc) is 3.49. The number of carbonyl (C=O) groups is 2. The van der Waals surface area contributed by atoms with Crippen molar-refractivity contribution in [2.45, 2.75) is 31.3 Å². The van der Waals surface area contributed by atoms with E-state index in [-0.39, 0.29) is 23.8 Å². The first kappa shape index (κ1) is 21.9. The van der Waals surface area contributed by atoms with Crippen LogP contribution < -0.4 is 16.2 Å². The summed E-state index contributed by atoms with van der Waals surface area (Å²) in [5.41, 5.74) is 0.893. The van der Waals surface area contributed by atoms with Crippen molar-refractivity contribution < 1.29 is 14.0 Å². The summed E-state index contributed by atoms with van der Waals surface area (Å²) in [6.07, 6.45) is 4.86. The first-order valence-corrected chi connectivity index (χ1v) is 11.6. The van der Waals surface area contributed by atoms with Gasteiger partial charge in [0.15, 0.2) is 5.13 Å². The highest BCUT2D eigenvalue weighted by atomic mass is 32.1. The summed E-state index contributed by atoms with van der Waals surface area (Å²) in [4.78, 5) is 47.3. The Kier molecular flexibility index (Phi) is 5.89. The molecule has 1 aliphatic carbocycles. The van der Waals surface area contributed by atoms with Crippen molar-refractivity contribution in [1.29, 1.82) is 0 Å². The molecular formula is C24H20FN5O3S. The number of amides is 2. The topological polar surface area (TPSA) is 106 Å². The first-order chi connectivity index (χ1) is 16.5. The normalized spacial score (nSPS) is 14.0. The molecule has 0 radical (unpaired) electrons. The number of carbonyl (C=O) groups excluding carboxylic acids is 2. The number of halogens is 1. The van der Waals surface area contributed by atoms with Gasteiger partial charge in [0.1, 0.15) is 11.9 Å². The number of fused-ring (bicyclic) bond motifs is 1. The molecule has 2 amide bonds. The maximum absolute atomic E-state index is 13.8. The van der Waals surface area contributed by atoms with E-state index in [4.69, 9.17) is 0 Å². The van der Waals surface area contributed by atoms with Crippen LogP contribution in [0.25, 0.3) is 10.9 Å². The van der Waals surface area contributed by atoms with Gasteiger partial charge < -0.3 is 10.6 Å². The molecule has 1 aliphatic rings. The van der Waals surface area contributed by atoms with Crippen molar-refractivity contribution in [3.8, 4) is 0 Å². The van der Waals surface area contributed by atoms with Crippen molar-refractivity contribution >= 4 is 39.2 Å². The Labute approximate surface area is 197 Å². The smallest absolute Gasteiger partial charge is 0.261 e. The molecule has 0 spiro atoms. The second-order valence-corrected chi connectivity index (χ2v) is 9.01. The van der Waals surface area contributed by atoms with Gasteiger partial charge in [0.05, 0.1) is 17.2 Å². The lowest BCUT2D eigenvalue weighted by molar-refractivity contribution is -0.119. The molecule has 1 saturated carbocycles. The van der Waals surface area contributed by atoms with Crippen LogP contribution in [0.3, 0.4) is 0 Å². The molecule has 0 bridgehead atoms. The third-order valence-electron chi connectivity index (χ3n) is 5.58. The molecule has 2 aromatic heterocycles. The highest BCUT2D eigenvalue weighted by Gasteiger charge is 2.26. The summed E-state index contributed by atoms with van der Waals surface area (Å²) in [5, 5.41) is 8.01. The van der Waals surface area contributed by atoms with Crippen LogP contribution in [0.2, 0.25) is 0 Å². The van der Waals surface area contributed by atoms with Gasteiger partial charge in [0, 0.05) is 29.6 Å². The Balaban J connectivity index is 1.50. The second-order valence-electron chi connectivity index (χ2n) is 8.11. The van der Waals surface area contributed by atoms with E-state index in [1.807, 2.05) is 0 Å². The molecule has 0 saturated heterocycles. The Hall–Kier alpha value is -3.92. The third kappa shape index (κ3) is 4.72. The number of hydrogen-bond donors (Lipinski definition) is 2. The van der Waals surface area contributed by atoms with E-state index in [2.05, 4.69) is 20.6 Å². The molecule has 1 atom stereocenters. The average molecular weight is 478 g/mol. The van der Waals surface area contributed by atoms with E-state index in [0.717, 1.165) is 12.8 Å². The van der Waals surface area contributed by atoms with E-state index in [0.29, 0.717) is 21.8 Å². The van der Waals surface area contributed by atoms with Gasteiger partial charge in [-0.1, -0.05) is 12.1 Å². The van der Waals surface area contributed by atoms with E-state index in [9.17, 15) is 18.8 Å². The number of rotatable bonds is 7. The number of benzene rings is 2. The highest BCUT2D eigenvalue weighted by molar-refractivity contribution is 7.13. The molecular weight excluding hydrogens is 457 g/mol. The Morgan fingerprint density at radius 3 is 2.76 bits per heavy atom. The molecule has 10 heteroatoms. The highest BCUT2D eigenvalue weighted by Crippen LogP contribution is 2.21. The fourth-order valence-electron chi connectivity index (χ4n) is 3.67. The zero-order valence-corrected chi connectivity index (χ0v) is 18.7. The predicted octanol–water partition coefficient (Wildman–Crippen LogP) is 3.31. The van der Waals surface area contributed by atoms with Crippen molar-refractivity contribution in [2.75, 3.05) is 5.32 Å². The largest absolute Gasteiger partial charge is 0.349 e. The fourth-order valence-corrected chi connectivity index (χ4v) is 4.21. The van der Waals surface area contributed by atoms with Crippen LogP contribution in [-0.4, -0.2) is 32.4 Å². The van der Waals surface area contributed by atoms with Gasteiger partial charge in [0.25, 0.3) is 11.5 Å². The van der Waals surface area contributed by atoms with Crippen molar-refractivity contribution in [3.63, 3.8) is 0 Å². The minimum atomic E-state index is -0.993. The van der Waals surface area contributed by atoms with Gasteiger partial charge in [-0.25, -0.2) is 14.4 Å². The lowest BCUT2D eigenvalue weighted by Gasteiger charge is -2.19. The summed E-state index contributed by atoms with van der Waals surface area (Å²) in [6, 6.07) is 9.79. The zero-order chi connectivity index (χ0) is 23.7. The van der Waals surface area contributed by atoms with Gasteiger partial charge in [-0.3, -0.25) is 19.0 Å². The quantitative estimate of drug-likeness (QED) is 0.425. The lowest BCUT2D eigenvalue weighted by atomic mass is 10.0. The standard InChI is InChI=1S/C24H20FN5O3S/c25-16-3-1-2-14(10-16)11-20(22(32)29-24-26-8-9-34-24)30-13-27-19-12-15(4-7-18(19)23(30)33)21(31)28-17-5-6-17/h1-4,7-10,12-13,17,20H,5-6,11H2,(H,28,31)(H,26,29,32). The van der Waals surface area contributed by atoms with E-state index in [1.165, 1.54) is 34.4 Å². The van der Waals surface area contributed by atoms with Gasteiger partial charge in [-0.05, 0) is 48.7 Å². The van der Waals surface area contributed by atoms with E-state index in [1.54, 1.807) is 41.9 Å². The zero-order valence-electron chi connectivity index (χ0n) is 17.9. The minimum Gasteiger partial charge on any atom is -0.349 e. The fraction of sp³-hybridized carbons (Fsp3) is 0.208.